The van der Waals surface area contributed by atoms with E-state index in [0.717, 1.165) is 0 Å². The van der Waals surface area contributed by atoms with Crippen LogP contribution < -0.4 is 108 Å². The van der Waals surface area contributed by atoms with Crippen LogP contribution in [-0.4, -0.2) is 70.5 Å². The maximum Gasteiger partial charge on any atom is 1.00 e. The van der Waals surface area contributed by atoms with Gasteiger partial charge in [0.15, 0.2) is 0 Å². The minimum atomic E-state index is -4.59. The third-order valence-electron chi connectivity index (χ3n) is 7.10. The fourth-order valence-electron chi connectivity index (χ4n) is 5.41. The zero-order valence-electron chi connectivity index (χ0n) is 19.2. The molecule has 0 spiro atoms. The van der Waals surface area contributed by atoms with Gasteiger partial charge >= 0.3 is 103 Å². The summed E-state index contributed by atoms with van der Waals surface area (Å²) in [4.78, 5) is 11.4. The van der Waals surface area contributed by atoms with Crippen molar-refractivity contribution in [2.45, 2.75) is 58.2 Å². The second-order valence-corrected chi connectivity index (χ2v) is 10.3. The summed E-state index contributed by atoms with van der Waals surface area (Å²) in [5.74, 6) is -2.60. The van der Waals surface area contributed by atoms with Crippen LogP contribution in [0.3, 0.4) is 0 Å². The summed E-state index contributed by atoms with van der Waals surface area (Å²) in [6, 6.07) is 0. The maximum absolute atomic E-state index is 11.5. The number of aliphatic hydroxyl groups excluding tert-OH is 4. The number of carboxylic acid groups (broad SMARTS) is 1. The first-order valence-electron chi connectivity index (χ1n) is 9.94. The molecule has 9 nitrogen and oxygen atoms in total. The quantitative estimate of drug-likeness (QED) is 0.104. The van der Waals surface area contributed by atoms with E-state index in [2.05, 4.69) is 0 Å². The fourth-order valence-corrected chi connectivity index (χ4v) is 6.16. The number of aliphatic carboxylic acids is 1. The molecule has 0 amide bonds. The second-order valence-electron chi connectivity index (χ2n) is 8.86. The number of hydrogen-bond donors (Lipinski definition) is 4. The van der Waals surface area contributed by atoms with Crippen LogP contribution in [0.15, 0.2) is 22.8 Å². The summed E-state index contributed by atoms with van der Waals surface area (Å²) in [6.07, 6.45) is 0.242. The van der Waals surface area contributed by atoms with E-state index in [0.29, 0.717) is 30.4 Å². The minimum absolute atomic E-state index is 0. The number of fused-ring (bicyclic) bond motifs is 1. The van der Waals surface area contributed by atoms with Crippen LogP contribution in [0, 0.1) is 16.7 Å². The van der Waals surface area contributed by atoms with Crippen LogP contribution in [0.5, 0.6) is 0 Å². The first-order chi connectivity index (χ1) is 13.8. The molecule has 1 unspecified atom stereocenters. The fraction of sp³-hybridized carbons (Fsp3) is 0.750. The van der Waals surface area contributed by atoms with Crippen LogP contribution in [-0.2, 0) is 14.9 Å². The molecule has 172 valence electrons. The van der Waals surface area contributed by atoms with E-state index in [1.54, 1.807) is 6.92 Å². The molecule has 0 radical (unpaired) electrons. The van der Waals surface area contributed by atoms with Gasteiger partial charge in [-0.15, -0.1) is 0 Å². The SMILES string of the molecule is C[C@@]12CC[C@@H](O)[C@@](C)(CO)C1CCC(CS(=O)(=O)[O-])=C2C/C=C(/C(=O)[O-])[C@H](O)CO.[K+].[K+]. The van der Waals surface area contributed by atoms with Gasteiger partial charge in [-0.25, -0.2) is 8.42 Å². The molecule has 32 heavy (non-hydrogen) atoms. The average Bonchev–Trinajstić information content (AvgIpc) is 2.65. The van der Waals surface area contributed by atoms with Gasteiger partial charge in [0.05, 0.1) is 41.2 Å². The Bertz CT molecular complexity index is 842. The van der Waals surface area contributed by atoms with Gasteiger partial charge < -0.3 is 34.9 Å². The molecule has 1 fully saturated rings. The van der Waals surface area contributed by atoms with E-state index >= 15 is 0 Å². The van der Waals surface area contributed by atoms with E-state index in [-0.39, 0.29) is 128 Å². The first kappa shape index (κ1) is 34.0. The van der Waals surface area contributed by atoms with Gasteiger partial charge in [0.2, 0.25) is 0 Å². The van der Waals surface area contributed by atoms with Crippen molar-refractivity contribution >= 4 is 16.1 Å². The van der Waals surface area contributed by atoms with Gasteiger partial charge in [0.1, 0.15) is 6.10 Å². The van der Waals surface area contributed by atoms with Crippen LogP contribution in [0.25, 0.3) is 0 Å². The van der Waals surface area contributed by atoms with Crippen molar-refractivity contribution in [3.8, 4) is 0 Å². The predicted octanol–water partition coefficient (Wildman–Crippen LogP) is -7.17. The topological polar surface area (TPSA) is 178 Å². The summed E-state index contributed by atoms with van der Waals surface area (Å²) in [6.45, 7) is 2.54. The molecule has 5 atom stereocenters. The van der Waals surface area contributed by atoms with Crippen molar-refractivity contribution in [3.05, 3.63) is 22.8 Å². The Labute approximate surface area is 274 Å². The third-order valence-corrected chi connectivity index (χ3v) is 7.80. The number of allylic oxidation sites excluding steroid dienone is 2. The second kappa shape index (κ2) is 13.5. The Morgan fingerprint density at radius 3 is 2.31 bits per heavy atom. The van der Waals surface area contributed by atoms with Gasteiger partial charge in [0, 0.05) is 11.0 Å². The monoisotopic (exact) mass is 524 g/mol. The minimum Gasteiger partial charge on any atom is -0.748 e. The van der Waals surface area contributed by atoms with Crippen LogP contribution >= 0.6 is 0 Å². The van der Waals surface area contributed by atoms with Gasteiger partial charge in [-0.2, -0.15) is 0 Å². The number of rotatable bonds is 8. The van der Waals surface area contributed by atoms with Crippen LogP contribution in [0.1, 0.15) is 46.0 Å². The molecule has 0 aliphatic heterocycles. The molecule has 0 heterocycles. The molecule has 2 aliphatic rings. The van der Waals surface area contributed by atoms with E-state index in [4.69, 9.17) is 5.11 Å². The van der Waals surface area contributed by atoms with Crippen molar-refractivity contribution in [2.75, 3.05) is 19.0 Å². The Kier molecular flexibility index (Phi) is 14.3. The van der Waals surface area contributed by atoms with Crippen molar-refractivity contribution in [1.29, 1.82) is 0 Å². The van der Waals surface area contributed by atoms with Crippen LogP contribution in [0.2, 0.25) is 0 Å². The first-order valence-corrected chi connectivity index (χ1v) is 11.5. The average molecular weight is 525 g/mol. The van der Waals surface area contributed by atoms with Crippen LogP contribution in [0.4, 0.5) is 0 Å². The Morgan fingerprint density at radius 2 is 1.84 bits per heavy atom. The smallest absolute Gasteiger partial charge is 0.748 e. The van der Waals surface area contributed by atoms with Gasteiger partial charge in [0.25, 0.3) is 0 Å². The molecular weight excluding hydrogens is 494 g/mol. The number of carbonyl (C=O) groups is 1. The zero-order valence-corrected chi connectivity index (χ0v) is 26.3. The maximum atomic E-state index is 11.5. The molecule has 0 bridgehead atoms. The number of carbonyl (C=O) groups excluding carboxylic acids is 1. The molecule has 2 rings (SSSR count). The van der Waals surface area contributed by atoms with Gasteiger partial charge in [-0.1, -0.05) is 31.1 Å². The largest absolute Gasteiger partial charge is 1.00 e. The molecule has 4 N–H and O–H groups in total. The van der Waals surface area contributed by atoms with Crippen molar-refractivity contribution in [1.82, 2.24) is 0 Å². The molecule has 0 saturated heterocycles. The van der Waals surface area contributed by atoms with Crippen molar-refractivity contribution in [3.63, 3.8) is 0 Å². The van der Waals surface area contributed by atoms with E-state index in [9.17, 15) is 38.2 Å². The Hall–Kier alpha value is 1.97. The van der Waals surface area contributed by atoms with Gasteiger partial charge in [-0.05, 0) is 43.4 Å². The normalized spacial score (nSPS) is 31.8. The molecule has 0 aromatic rings. The molecule has 0 aromatic carbocycles. The number of aliphatic hydroxyl groups is 4. The molecule has 2 aliphatic carbocycles. The predicted molar refractivity (Wildman–Crippen MR) is 104 cm³/mol. The summed E-state index contributed by atoms with van der Waals surface area (Å²) in [5.41, 5.74) is -1.10. The summed E-state index contributed by atoms with van der Waals surface area (Å²) in [5, 5.41) is 50.8. The molecule has 0 aromatic heterocycles. The summed E-state index contributed by atoms with van der Waals surface area (Å²) >= 11 is 0. The summed E-state index contributed by atoms with van der Waals surface area (Å²) < 4.78 is 34.5. The number of hydrogen-bond acceptors (Lipinski definition) is 9. The Morgan fingerprint density at radius 1 is 1.25 bits per heavy atom. The van der Waals surface area contributed by atoms with Crippen molar-refractivity contribution in [2.24, 2.45) is 16.7 Å². The molecular formula is C20H30K2O9S. The molecule has 12 heteroatoms. The standard InChI is InChI=1S/C20H32O9S.2K/c1-19-8-7-17(24)20(2,11-22)16(19)6-3-12(10-30(27,28)29)14(19)5-4-13(18(25)26)15(23)9-21;;/h4,15-17,21-24H,3,5-11H2,1-2H3,(H,25,26)(H,27,28,29);;/q;2*+1/p-2/b13-4+;;/t15-,16?,17-,19+,20+;;/m1../s1. The number of carboxylic acids is 1. The Balaban J connectivity index is 0.00000480. The zero-order chi connectivity index (χ0) is 22.9. The van der Waals surface area contributed by atoms with E-state index in [1.807, 2.05) is 6.92 Å². The van der Waals surface area contributed by atoms with E-state index < -0.39 is 57.1 Å². The van der Waals surface area contributed by atoms with Crippen molar-refractivity contribution < 1.29 is 146 Å². The van der Waals surface area contributed by atoms with Gasteiger partial charge in [-0.3, -0.25) is 0 Å². The third kappa shape index (κ3) is 7.49. The van der Waals surface area contributed by atoms with E-state index in [1.165, 1.54) is 6.08 Å². The molecule has 1 saturated carbocycles. The summed E-state index contributed by atoms with van der Waals surface area (Å²) in [7, 11) is -4.59.